The Balaban J connectivity index is 1.87. The zero-order valence-electron chi connectivity index (χ0n) is 18.7. The molecule has 2 heterocycles. The average Bonchev–Trinajstić information content (AvgIpc) is 3.34. The van der Waals surface area contributed by atoms with Crippen molar-refractivity contribution < 1.29 is 28.7 Å². The van der Waals surface area contributed by atoms with Crippen LogP contribution in [0.1, 0.15) is 36.8 Å². The van der Waals surface area contributed by atoms with Gasteiger partial charge in [0.1, 0.15) is 23.0 Å². The molecule has 1 aromatic heterocycles. The summed E-state index contributed by atoms with van der Waals surface area (Å²) in [6, 6.07) is 14.3. The van der Waals surface area contributed by atoms with Gasteiger partial charge in [-0.25, -0.2) is 0 Å². The first kappa shape index (κ1) is 22.1. The van der Waals surface area contributed by atoms with Crippen molar-refractivity contribution in [2.45, 2.75) is 32.9 Å². The van der Waals surface area contributed by atoms with Crippen LogP contribution in [-0.2, 0) is 9.59 Å². The number of benzene rings is 2. The Morgan fingerprint density at radius 2 is 1.82 bits per heavy atom. The van der Waals surface area contributed by atoms with Crippen LogP contribution in [0, 0.1) is 6.92 Å². The molecule has 0 spiro atoms. The topological polar surface area (TPSA) is 102 Å². The second kappa shape index (κ2) is 8.82. The first-order valence-corrected chi connectivity index (χ1v) is 10.5. The fraction of sp³-hybridized carbons (Fsp3) is 0.240. The SMILES string of the molecule is COc1cccc([C@@H]2C(=C(O)c3ccc(OC(C)C)cc3)C(=O)C(=O)N2c2cc(C)on2)c1. The van der Waals surface area contributed by atoms with E-state index in [1.807, 2.05) is 13.8 Å². The number of nitrogens with zero attached hydrogens (tertiary/aromatic N) is 2. The quantitative estimate of drug-likeness (QED) is 0.339. The monoisotopic (exact) mass is 448 g/mol. The van der Waals surface area contributed by atoms with Crippen LogP contribution in [0.25, 0.3) is 5.76 Å². The van der Waals surface area contributed by atoms with Crippen molar-refractivity contribution in [2.75, 3.05) is 12.0 Å². The number of hydrogen-bond donors (Lipinski definition) is 1. The molecule has 1 amide bonds. The average molecular weight is 448 g/mol. The molecule has 0 aliphatic carbocycles. The number of carbonyl (C=O) groups is 2. The lowest BCUT2D eigenvalue weighted by molar-refractivity contribution is -0.132. The summed E-state index contributed by atoms with van der Waals surface area (Å²) in [5.41, 5.74) is 0.912. The van der Waals surface area contributed by atoms with Crippen LogP contribution >= 0.6 is 0 Å². The van der Waals surface area contributed by atoms with Gasteiger partial charge in [0.25, 0.3) is 5.78 Å². The smallest absolute Gasteiger partial charge is 0.301 e. The van der Waals surface area contributed by atoms with E-state index < -0.39 is 17.7 Å². The molecule has 2 aromatic carbocycles. The van der Waals surface area contributed by atoms with Crippen LogP contribution in [0.3, 0.4) is 0 Å². The van der Waals surface area contributed by atoms with Crippen LogP contribution < -0.4 is 14.4 Å². The van der Waals surface area contributed by atoms with Gasteiger partial charge in [-0.05, 0) is 62.7 Å². The fourth-order valence-electron chi connectivity index (χ4n) is 3.78. The van der Waals surface area contributed by atoms with Gasteiger partial charge >= 0.3 is 5.91 Å². The zero-order chi connectivity index (χ0) is 23.7. The third-order valence-electron chi connectivity index (χ3n) is 5.22. The largest absolute Gasteiger partial charge is 0.507 e. The predicted octanol–water partition coefficient (Wildman–Crippen LogP) is 4.41. The van der Waals surface area contributed by atoms with Crippen LogP contribution in [0.2, 0.25) is 0 Å². The molecule has 33 heavy (non-hydrogen) atoms. The van der Waals surface area contributed by atoms with E-state index in [-0.39, 0.29) is 23.3 Å². The van der Waals surface area contributed by atoms with E-state index in [2.05, 4.69) is 5.16 Å². The molecule has 1 fully saturated rings. The summed E-state index contributed by atoms with van der Waals surface area (Å²) >= 11 is 0. The molecule has 0 saturated carbocycles. The second-order valence-electron chi connectivity index (χ2n) is 7.93. The number of amides is 1. The highest BCUT2D eigenvalue weighted by molar-refractivity contribution is 6.51. The molecule has 1 saturated heterocycles. The molecule has 8 heteroatoms. The summed E-state index contributed by atoms with van der Waals surface area (Å²) in [7, 11) is 1.53. The second-order valence-corrected chi connectivity index (χ2v) is 7.93. The summed E-state index contributed by atoms with van der Waals surface area (Å²) in [6.07, 6.45) is -0.00579. The van der Waals surface area contributed by atoms with Crippen LogP contribution in [0.4, 0.5) is 5.82 Å². The Morgan fingerprint density at radius 3 is 2.42 bits per heavy atom. The Kier molecular flexibility index (Phi) is 5.91. The van der Waals surface area contributed by atoms with E-state index in [9.17, 15) is 14.7 Å². The van der Waals surface area contributed by atoms with Gasteiger partial charge in [-0.1, -0.05) is 17.3 Å². The van der Waals surface area contributed by atoms with Crippen molar-refractivity contribution in [1.29, 1.82) is 0 Å². The molecular weight excluding hydrogens is 424 g/mol. The summed E-state index contributed by atoms with van der Waals surface area (Å²) in [5, 5.41) is 15.1. The van der Waals surface area contributed by atoms with Gasteiger partial charge in [0.05, 0.1) is 24.8 Å². The van der Waals surface area contributed by atoms with E-state index in [0.717, 1.165) is 0 Å². The van der Waals surface area contributed by atoms with Crippen LogP contribution in [0.15, 0.2) is 64.7 Å². The standard InChI is InChI=1S/C25H24N2O6/c1-14(2)32-18-10-8-16(9-11-18)23(28)21-22(17-6-5-7-19(13-17)31-4)27(25(30)24(21)29)20-12-15(3)33-26-20/h5-14,22,28H,1-4H3/t22-/m1/s1. The number of anilines is 1. The first-order chi connectivity index (χ1) is 15.8. The van der Waals surface area contributed by atoms with Crippen molar-refractivity contribution in [1.82, 2.24) is 5.16 Å². The normalized spacial score (nSPS) is 17.6. The highest BCUT2D eigenvalue weighted by Gasteiger charge is 2.48. The number of hydrogen-bond acceptors (Lipinski definition) is 7. The van der Waals surface area contributed by atoms with E-state index >= 15 is 0 Å². The number of ether oxygens (including phenoxy) is 2. The lowest BCUT2D eigenvalue weighted by atomic mass is 9.95. The fourth-order valence-corrected chi connectivity index (χ4v) is 3.78. The molecule has 1 atom stereocenters. The number of methoxy groups -OCH3 is 1. The zero-order valence-corrected chi connectivity index (χ0v) is 18.7. The number of aromatic nitrogens is 1. The lowest BCUT2D eigenvalue weighted by Crippen LogP contribution is -2.29. The molecule has 170 valence electrons. The van der Waals surface area contributed by atoms with Crippen molar-refractivity contribution in [2.24, 2.45) is 0 Å². The highest BCUT2D eigenvalue weighted by Crippen LogP contribution is 2.42. The number of aliphatic hydroxyl groups excluding tert-OH is 1. The Morgan fingerprint density at radius 1 is 1.09 bits per heavy atom. The van der Waals surface area contributed by atoms with Gasteiger partial charge in [-0.2, -0.15) is 0 Å². The number of rotatable bonds is 6. The number of ketones is 1. The third-order valence-corrected chi connectivity index (χ3v) is 5.22. The number of Topliss-reactive ketones (excluding diaryl/α,β-unsaturated/α-hetero) is 1. The Hall–Kier alpha value is -4.07. The number of aliphatic hydroxyl groups is 1. The van der Waals surface area contributed by atoms with E-state index in [4.69, 9.17) is 14.0 Å². The summed E-state index contributed by atoms with van der Waals surface area (Å²) in [4.78, 5) is 27.4. The minimum Gasteiger partial charge on any atom is -0.507 e. The van der Waals surface area contributed by atoms with Crippen LogP contribution in [0.5, 0.6) is 11.5 Å². The van der Waals surface area contributed by atoms with Crippen LogP contribution in [-0.4, -0.2) is 35.2 Å². The lowest BCUT2D eigenvalue weighted by Gasteiger charge is -2.23. The molecule has 1 aliphatic rings. The third kappa shape index (κ3) is 4.19. The molecule has 0 radical (unpaired) electrons. The van der Waals surface area contributed by atoms with Crippen molar-refractivity contribution in [3.8, 4) is 11.5 Å². The molecule has 0 unspecified atom stereocenters. The van der Waals surface area contributed by atoms with E-state index in [1.165, 1.54) is 12.0 Å². The van der Waals surface area contributed by atoms with Gasteiger partial charge in [0.2, 0.25) is 0 Å². The molecule has 1 N–H and O–H groups in total. The van der Waals surface area contributed by atoms with Gasteiger partial charge in [0.15, 0.2) is 5.82 Å². The molecule has 8 nitrogen and oxygen atoms in total. The first-order valence-electron chi connectivity index (χ1n) is 10.5. The molecule has 3 aromatic rings. The summed E-state index contributed by atoms with van der Waals surface area (Å²) < 4.78 is 16.1. The summed E-state index contributed by atoms with van der Waals surface area (Å²) in [6.45, 7) is 5.51. The highest BCUT2D eigenvalue weighted by atomic mass is 16.5. The van der Waals surface area contributed by atoms with Crippen molar-refractivity contribution >= 4 is 23.3 Å². The van der Waals surface area contributed by atoms with Gasteiger partial charge in [-0.15, -0.1) is 0 Å². The maximum absolute atomic E-state index is 13.1. The van der Waals surface area contributed by atoms with Gasteiger partial charge in [-0.3, -0.25) is 14.5 Å². The predicted molar refractivity (Wildman–Crippen MR) is 121 cm³/mol. The minimum atomic E-state index is -0.920. The molecule has 0 bridgehead atoms. The molecular formula is C25H24N2O6. The van der Waals surface area contributed by atoms with Crippen molar-refractivity contribution in [3.63, 3.8) is 0 Å². The molecule has 4 rings (SSSR count). The number of carbonyl (C=O) groups excluding carboxylic acids is 2. The Bertz CT molecular complexity index is 1230. The maximum atomic E-state index is 13.1. The van der Waals surface area contributed by atoms with Gasteiger partial charge < -0.3 is 19.1 Å². The van der Waals surface area contributed by atoms with Gasteiger partial charge in [0, 0.05) is 11.6 Å². The number of aryl methyl sites for hydroxylation is 1. The van der Waals surface area contributed by atoms with Crippen molar-refractivity contribution in [3.05, 3.63) is 77.1 Å². The minimum absolute atomic E-state index is 0.00579. The Labute approximate surface area is 191 Å². The maximum Gasteiger partial charge on any atom is 0.301 e. The van der Waals surface area contributed by atoms with E-state index in [0.29, 0.717) is 28.4 Å². The van der Waals surface area contributed by atoms with E-state index in [1.54, 1.807) is 61.5 Å². The summed E-state index contributed by atoms with van der Waals surface area (Å²) in [5.74, 6) is -0.0749. The molecule has 1 aliphatic heterocycles.